The first-order chi connectivity index (χ1) is 9.40. The van der Waals surface area contributed by atoms with Gasteiger partial charge in [-0.3, -0.25) is 4.79 Å². The molecule has 2 radical (unpaired) electrons. The molecule has 0 N–H and O–H groups in total. The SMILES string of the molecule is [B]CC(=O)c1cc(OCC2CCC2)cc(C(C)(C)C)c1. The van der Waals surface area contributed by atoms with Crippen LogP contribution in [0.25, 0.3) is 0 Å². The van der Waals surface area contributed by atoms with E-state index in [0.29, 0.717) is 11.5 Å². The largest absolute Gasteiger partial charge is 0.493 e. The maximum absolute atomic E-state index is 11.9. The van der Waals surface area contributed by atoms with Crippen molar-refractivity contribution in [2.24, 2.45) is 5.92 Å². The molecule has 20 heavy (non-hydrogen) atoms. The maximum atomic E-state index is 11.9. The molecule has 0 aromatic heterocycles. The third kappa shape index (κ3) is 3.65. The summed E-state index contributed by atoms with van der Waals surface area (Å²) in [4.78, 5) is 11.9. The third-order valence-corrected chi connectivity index (χ3v) is 3.99. The van der Waals surface area contributed by atoms with E-state index in [9.17, 15) is 4.79 Å². The van der Waals surface area contributed by atoms with Crippen LogP contribution >= 0.6 is 0 Å². The van der Waals surface area contributed by atoms with E-state index in [1.54, 1.807) is 0 Å². The number of Topliss-reactive ketones (excluding diaryl/α,β-unsaturated/α-hetero) is 1. The molecular weight excluding hydrogens is 247 g/mol. The van der Waals surface area contributed by atoms with E-state index >= 15 is 0 Å². The van der Waals surface area contributed by atoms with Crippen LogP contribution in [0.5, 0.6) is 5.75 Å². The van der Waals surface area contributed by atoms with Crippen molar-refractivity contribution in [3.05, 3.63) is 29.3 Å². The molecule has 0 amide bonds. The van der Waals surface area contributed by atoms with Crippen LogP contribution in [0.3, 0.4) is 0 Å². The van der Waals surface area contributed by atoms with E-state index in [1.807, 2.05) is 18.2 Å². The van der Waals surface area contributed by atoms with E-state index in [1.165, 1.54) is 19.3 Å². The molecule has 0 atom stereocenters. The standard InChI is InChI=1S/C17H23BO2/c1-17(2,3)14-7-13(16(19)10-18)8-15(9-14)20-11-12-5-4-6-12/h7-9,12H,4-6,10-11H2,1-3H3. The van der Waals surface area contributed by atoms with Gasteiger partial charge in [-0.25, -0.2) is 0 Å². The van der Waals surface area contributed by atoms with Crippen LogP contribution in [0, 0.1) is 5.92 Å². The van der Waals surface area contributed by atoms with Crippen LogP contribution in [-0.2, 0) is 5.41 Å². The summed E-state index contributed by atoms with van der Waals surface area (Å²) in [5.74, 6) is 1.44. The number of benzene rings is 1. The second-order valence-electron chi connectivity index (χ2n) is 6.73. The monoisotopic (exact) mass is 270 g/mol. The molecule has 106 valence electrons. The van der Waals surface area contributed by atoms with Crippen LogP contribution < -0.4 is 4.74 Å². The van der Waals surface area contributed by atoms with Crippen molar-refractivity contribution >= 4 is 13.6 Å². The maximum Gasteiger partial charge on any atom is 0.154 e. The van der Waals surface area contributed by atoms with E-state index in [2.05, 4.69) is 20.8 Å². The zero-order chi connectivity index (χ0) is 14.8. The van der Waals surface area contributed by atoms with Gasteiger partial charge in [0.1, 0.15) is 5.75 Å². The van der Waals surface area contributed by atoms with Gasteiger partial charge in [0.15, 0.2) is 5.78 Å². The molecule has 1 aliphatic rings. The minimum absolute atomic E-state index is 0.0144. The molecule has 1 aliphatic carbocycles. The molecule has 1 aromatic carbocycles. The molecule has 0 saturated heterocycles. The van der Waals surface area contributed by atoms with Crippen molar-refractivity contribution in [1.82, 2.24) is 0 Å². The summed E-state index contributed by atoms with van der Waals surface area (Å²) in [6.45, 7) is 7.15. The lowest BCUT2D eigenvalue weighted by Gasteiger charge is -2.26. The highest BCUT2D eigenvalue weighted by Crippen LogP contribution is 2.30. The molecule has 2 nitrogen and oxygen atoms in total. The van der Waals surface area contributed by atoms with Crippen molar-refractivity contribution in [3.63, 3.8) is 0 Å². The Kier molecular flexibility index (Phi) is 4.57. The van der Waals surface area contributed by atoms with E-state index in [0.717, 1.165) is 17.9 Å². The van der Waals surface area contributed by atoms with Gasteiger partial charge in [0.25, 0.3) is 0 Å². The Bertz CT molecular complexity index is 484. The molecule has 1 aromatic rings. The van der Waals surface area contributed by atoms with Gasteiger partial charge in [-0.2, -0.15) is 0 Å². The molecule has 0 spiro atoms. The molecule has 0 bridgehead atoms. The molecule has 0 aliphatic heterocycles. The van der Waals surface area contributed by atoms with Crippen molar-refractivity contribution in [1.29, 1.82) is 0 Å². The normalized spacial score (nSPS) is 15.8. The predicted octanol–water partition coefficient (Wildman–Crippen LogP) is 3.93. The highest BCUT2D eigenvalue weighted by Gasteiger charge is 2.20. The average molecular weight is 270 g/mol. The number of ketones is 1. The van der Waals surface area contributed by atoms with Gasteiger partial charge in [0.05, 0.1) is 14.5 Å². The zero-order valence-electron chi connectivity index (χ0n) is 12.7. The van der Waals surface area contributed by atoms with Crippen molar-refractivity contribution < 1.29 is 9.53 Å². The second kappa shape index (κ2) is 6.03. The molecule has 0 unspecified atom stereocenters. The topological polar surface area (TPSA) is 26.3 Å². The Hall–Kier alpha value is -1.25. The second-order valence-corrected chi connectivity index (χ2v) is 6.73. The van der Waals surface area contributed by atoms with Crippen LogP contribution in [0.4, 0.5) is 0 Å². The highest BCUT2D eigenvalue weighted by atomic mass is 16.5. The minimum atomic E-state index is -0.0374. The Labute approximate surface area is 123 Å². The number of rotatable bonds is 5. The summed E-state index contributed by atoms with van der Waals surface area (Å²) in [5, 5.41) is 0. The summed E-state index contributed by atoms with van der Waals surface area (Å²) < 4.78 is 5.89. The first-order valence-corrected chi connectivity index (χ1v) is 7.42. The first kappa shape index (κ1) is 15.1. The van der Waals surface area contributed by atoms with Crippen LogP contribution in [-0.4, -0.2) is 20.2 Å². The molecule has 1 saturated carbocycles. The van der Waals surface area contributed by atoms with E-state index < -0.39 is 0 Å². The quantitative estimate of drug-likeness (QED) is 0.598. The fraction of sp³-hybridized carbons (Fsp3) is 0.588. The van der Waals surface area contributed by atoms with E-state index in [4.69, 9.17) is 12.6 Å². The Morgan fingerprint density at radius 1 is 1.30 bits per heavy atom. The van der Waals surface area contributed by atoms with Crippen LogP contribution in [0.1, 0.15) is 56.0 Å². The molecule has 3 heteroatoms. The molecule has 1 fully saturated rings. The number of ether oxygens (including phenoxy) is 1. The number of hydrogen-bond acceptors (Lipinski definition) is 2. The summed E-state index contributed by atoms with van der Waals surface area (Å²) in [6.07, 6.45) is 3.86. The lowest BCUT2D eigenvalue weighted by Crippen LogP contribution is -2.20. The fourth-order valence-corrected chi connectivity index (χ4v) is 2.27. The van der Waals surface area contributed by atoms with Gasteiger partial charge in [0.2, 0.25) is 0 Å². The average Bonchev–Trinajstić information content (AvgIpc) is 2.34. The lowest BCUT2D eigenvalue weighted by molar-refractivity contribution is 0.101. The molecule has 0 heterocycles. The zero-order valence-corrected chi connectivity index (χ0v) is 12.7. The summed E-state index contributed by atoms with van der Waals surface area (Å²) in [7, 11) is 5.48. The molecular formula is C17H23BO2. The van der Waals surface area contributed by atoms with Crippen molar-refractivity contribution in [3.8, 4) is 5.75 Å². The first-order valence-electron chi connectivity index (χ1n) is 7.42. The van der Waals surface area contributed by atoms with Gasteiger partial charge in [-0.15, -0.1) is 0 Å². The minimum Gasteiger partial charge on any atom is -0.493 e. The summed E-state index contributed by atoms with van der Waals surface area (Å²) in [6, 6.07) is 5.81. The van der Waals surface area contributed by atoms with Gasteiger partial charge in [0, 0.05) is 5.56 Å². The lowest BCUT2D eigenvalue weighted by atomic mass is 9.84. The molecule has 2 rings (SSSR count). The number of hydrogen-bond donors (Lipinski definition) is 0. The van der Waals surface area contributed by atoms with Gasteiger partial charge < -0.3 is 4.74 Å². The smallest absolute Gasteiger partial charge is 0.154 e. The number of carbonyl (C=O) groups excluding carboxylic acids is 1. The fourth-order valence-electron chi connectivity index (χ4n) is 2.27. The highest BCUT2D eigenvalue weighted by molar-refractivity contribution is 6.24. The summed E-state index contributed by atoms with van der Waals surface area (Å²) >= 11 is 0. The third-order valence-electron chi connectivity index (χ3n) is 3.99. The number of carbonyl (C=O) groups is 1. The Morgan fingerprint density at radius 2 is 2.00 bits per heavy atom. The summed E-state index contributed by atoms with van der Waals surface area (Å²) in [5.41, 5.74) is 1.75. The van der Waals surface area contributed by atoms with Gasteiger partial charge in [-0.05, 0) is 54.3 Å². The van der Waals surface area contributed by atoms with Gasteiger partial charge >= 0.3 is 0 Å². The van der Waals surface area contributed by atoms with Gasteiger partial charge in [-0.1, -0.05) is 27.2 Å². The van der Waals surface area contributed by atoms with Crippen LogP contribution in [0.2, 0.25) is 6.32 Å². The Balaban J connectivity index is 2.22. The van der Waals surface area contributed by atoms with Crippen molar-refractivity contribution in [2.75, 3.05) is 6.61 Å². The van der Waals surface area contributed by atoms with E-state index in [-0.39, 0.29) is 17.5 Å². The Morgan fingerprint density at radius 3 is 2.50 bits per heavy atom. The van der Waals surface area contributed by atoms with Crippen molar-refractivity contribution in [2.45, 2.75) is 51.8 Å². The predicted molar refractivity (Wildman–Crippen MR) is 82.9 cm³/mol. The van der Waals surface area contributed by atoms with Crippen LogP contribution in [0.15, 0.2) is 18.2 Å².